The first-order valence-corrected chi connectivity index (χ1v) is 11.6. The van der Waals surface area contributed by atoms with Crippen LogP contribution in [0.2, 0.25) is 5.02 Å². The molecule has 0 atom stereocenters. The van der Waals surface area contributed by atoms with Gasteiger partial charge in [-0.2, -0.15) is 0 Å². The van der Waals surface area contributed by atoms with Gasteiger partial charge in [0.05, 0.1) is 21.2 Å². The summed E-state index contributed by atoms with van der Waals surface area (Å²) in [6.07, 6.45) is 1.51. The van der Waals surface area contributed by atoms with Crippen LogP contribution in [0, 0.1) is 12.7 Å². The van der Waals surface area contributed by atoms with Gasteiger partial charge in [-0.15, -0.1) is 0 Å². The SMILES string of the molecule is Cc1ccc(NC(=O)c2cc(S(=O)(=O)N3CCCc4ccccc43)ccc2Cl)cc1F. The Morgan fingerprint density at radius 2 is 1.87 bits per heavy atom. The number of sulfonamides is 1. The minimum Gasteiger partial charge on any atom is -0.322 e. The molecular formula is C23H20ClFN2O3S. The maximum atomic E-state index is 13.8. The van der Waals surface area contributed by atoms with Crippen molar-refractivity contribution in [2.24, 2.45) is 0 Å². The Morgan fingerprint density at radius 3 is 2.65 bits per heavy atom. The summed E-state index contributed by atoms with van der Waals surface area (Å²) in [6.45, 7) is 1.97. The largest absolute Gasteiger partial charge is 0.322 e. The molecule has 1 aliphatic rings. The van der Waals surface area contributed by atoms with E-state index in [-0.39, 0.29) is 21.2 Å². The summed E-state index contributed by atoms with van der Waals surface area (Å²) in [5.41, 5.74) is 2.30. The molecule has 0 radical (unpaired) electrons. The van der Waals surface area contributed by atoms with Crippen LogP contribution in [0.25, 0.3) is 0 Å². The van der Waals surface area contributed by atoms with Crippen LogP contribution in [0.5, 0.6) is 0 Å². The number of hydrogen-bond donors (Lipinski definition) is 1. The van der Waals surface area contributed by atoms with Gasteiger partial charge < -0.3 is 5.32 Å². The van der Waals surface area contributed by atoms with Crippen molar-refractivity contribution in [2.75, 3.05) is 16.2 Å². The molecule has 1 amide bonds. The number of nitrogens with one attached hydrogen (secondary N) is 1. The van der Waals surface area contributed by atoms with Crippen LogP contribution in [0.15, 0.2) is 65.6 Å². The average molecular weight is 459 g/mol. The van der Waals surface area contributed by atoms with Crippen LogP contribution >= 0.6 is 11.6 Å². The zero-order valence-corrected chi connectivity index (χ0v) is 18.3. The first-order valence-electron chi connectivity index (χ1n) is 9.75. The number of fused-ring (bicyclic) bond motifs is 1. The predicted octanol–water partition coefficient (Wildman–Crippen LogP) is 5.18. The van der Waals surface area contributed by atoms with Crippen LogP contribution in [-0.2, 0) is 16.4 Å². The summed E-state index contributed by atoms with van der Waals surface area (Å²) in [7, 11) is -3.90. The number of para-hydroxylation sites is 1. The summed E-state index contributed by atoms with van der Waals surface area (Å²) in [6, 6.07) is 15.7. The normalized spacial score (nSPS) is 13.6. The lowest BCUT2D eigenvalue weighted by molar-refractivity contribution is 0.102. The van der Waals surface area contributed by atoms with Gasteiger partial charge in [-0.1, -0.05) is 35.9 Å². The Morgan fingerprint density at radius 1 is 1.10 bits per heavy atom. The second-order valence-corrected chi connectivity index (χ2v) is 9.64. The summed E-state index contributed by atoms with van der Waals surface area (Å²) < 4.78 is 41.9. The number of nitrogens with zero attached hydrogens (tertiary/aromatic N) is 1. The van der Waals surface area contributed by atoms with Crippen LogP contribution in [-0.4, -0.2) is 20.9 Å². The highest BCUT2D eigenvalue weighted by Crippen LogP contribution is 2.33. The number of hydrogen-bond acceptors (Lipinski definition) is 3. The van der Waals surface area contributed by atoms with Gasteiger partial charge in [-0.25, -0.2) is 12.8 Å². The molecule has 0 unspecified atom stereocenters. The average Bonchev–Trinajstić information content (AvgIpc) is 2.76. The van der Waals surface area contributed by atoms with Gasteiger partial charge in [-0.05, 0) is 67.3 Å². The van der Waals surface area contributed by atoms with Crippen molar-refractivity contribution in [1.29, 1.82) is 0 Å². The molecule has 0 saturated heterocycles. The lowest BCUT2D eigenvalue weighted by atomic mass is 10.0. The minimum absolute atomic E-state index is 0.00554. The second kappa shape index (κ2) is 8.32. The number of halogens is 2. The molecule has 0 spiro atoms. The molecule has 8 heteroatoms. The molecular weight excluding hydrogens is 439 g/mol. The highest BCUT2D eigenvalue weighted by atomic mass is 35.5. The molecule has 0 fully saturated rings. The van der Waals surface area contributed by atoms with E-state index in [1.54, 1.807) is 31.2 Å². The van der Waals surface area contributed by atoms with Gasteiger partial charge in [-0.3, -0.25) is 9.10 Å². The van der Waals surface area contributed by atoms with E-state index in [4.69, 9.17) is 11.6 Å². The van der Waals surface area contributed by atoms with E-state index in [2.05, 4.69) is 5.32 Å². The van der Waals surface area contributed by atoms with E-state index in [0.717, 1.165) is 12.0 Å². The monoisotopic (exact) mass is 458 g/mol. The molecule has 3 aromatic rings. The molecule has 1 N–H and O–H groups in total. The number of rotatable bonds is 4. The summed E-state index contributed by atoms with van der Waals surface area (Å²) >= 11 is 6.19. The molecule has 5 nitrogen and oxygen atoms in total. The smallest absolute Gasteiger partial charge is 0.264 e. The lowest BCUT2D eigenvalue weighted by Crippen LogP contribution is -2.35. The molecule has 160 valence electrons. The van der Waals surface area contributed by atoms with Gasteiger partial charge in [0.25, 0.3) is 15.9 Å². The van der Waals surface area contributed by atoms with Gasteiger partial charge in [0.2, 0.25) is 0 Å². The van der Waals surface area contributed by atoms with Gasteiger partial charge in [0, 0.05) is 12.2 Å². The van der Waals surface area contributed by atoms with Gasteiger partial charge in [0.15, 0.2) is 0 Å². The van der Waals surface area contributed by atoms with Gasteiger partial charge in [0.1, 0.15) is 5.82 Å². The molecule has 1 aliphatic heterocycles. The standard InChI is InChI=1S/C23H20ClFN2O3S/c1-15-8-9-17(13-21(15)25)26-23(28)19-14-18(10-11-20(19)24)31(29,30)27-12-4-6-16-5-2-3-7-22(16)27/h2-3,5,7-11,13-14H,4,6,12H2,1H3,(H,26,28). The molecule has 4 rings (SSSR count). The van der Waals surface area contributed by atoms with Crippen molar-refractivity contribution in [1.82, 2.24) is 0 Å². The Kier molecular flexibility index (Phi) is 5.73. The fraction of sp³-hybridized carbons (Fsp3) is 0.174. The minimum atomic E-state index is -3.90. The molecule has 31 heavy (non-hydrogen) atoms. The number of carbonyl (C=O) groups excluding carboxylic acids is 1. The summed E-state index contributed by atoms with van der Waals surface area (Å²) in [4.78, 5) is 12.7. The first-order chi connectivity index (χ1) is 14.8. The summed E-state index contributed by atoms with van der Waals surface area (Å²) in [5.74, 6) is -1.08. The number of anilines is 2. The highest BCUT2D eigenvalue weighted by Gasteiger charge is 2.30. The molecule has 0 aromatic heterocycles. The third-order valence-corrected chi connectivity index (χ3v) is 7.41. The highest BCUT2D eigenvalue weighted by molar-refractivity contribution is 7.92. The number of amides is 1. The Labute approximate surface area is 185 Å². The van der Waals surface area contributed by atoms with Crippen molar-refractivity contribution < 1.29 is 17.6 Å². The topological polar surface area (TPSA) is 66.5 Å². The van der Waals surface area contributed by atoms with Gasteiger partial charge >= 0.3 is 0 Å². The Hall–Kier alpha value is -2.90. The Balaban J connectivity index is 1.67. The van der Waals surface area contributed by atoms with E-state index >= 15 is 0 Å². The molecule has 0 bridgehead atoms. The van der Waals surface area contributed by atoms with E-state index in [0.29, 0.717) is 24.2 Å². The zero-order chi connectivity index (χ0) is 22.2. The van der Waals surface area contributed by atoms with Crippen LogP contribution in [0.3, 0.4) is 0 Å². The van der Waals surface area contributed by atoms with Crippen molar-refractivity contribution in [3.8, 4) is 0 Å². The Bertz CT molecular complexity index is 1280. The van der Waals surface area contributed by atoms with Crippen molar-refractivity contribution in [3.63, 3.8) is 0 Å². The van der Waals surface area contributed by atoms with Crippen molar-refractivity contribution >= 4 is 38.9 Å². The second-order valence-electron chi connectivity index (χ2n) is 7.37. The van der Waals surface area contributed by atoms with E-state index in [1.165, 1.54) is 28.6 Å². The fourth-order valence-electron chi connectivity index (χ4n) is 3.58. The van der Waals surface area contributed by atoms with Crippen LogP contribution < -0.4 is 9.62 Å². The number of carbonyl (C=O) groups is 1. The fourth-order valence-corrected chi connectivity index (χ4v) is 5.36. The number of benzene rings is 3. The predicted molar refractivity (Wildman–Crippen MR) is 120 cm³/mol. The van der Waals surface area contributed by atoms with Crippen LogP contribution in [0.1, 0.15) is 27.9 Å². The maximum Gasteiger partial charge on any atom is 0.264 e. The lowest BCUT2D eigenvalue weighted by Gasteiger charge is -2.30. The van der Waals surface area contributed by atoms with E-state index in [9.17, 15) is 17.6 Å². The molecule has 0 aliphatic carbocycles. The quantitative estimate of drug-likeness (QED) is 0.585. The number of aryl methyl sites for hydroxylation is 2. The third-order valence-electron chi connectivity index (χ3n) is 5.27. The molecule has 3 aromatic carbocycles. The molecule has 0 saturated carbocycles. The summed E-state index contributed by atoms with van der Waals surface area (Å²) in [5, 5.41) is 2.67. The van der Waals surface area contributed by atoms with Crippen molar-refractivity contribution in [3.05, 3.63) is 88.2 Å². The van der Waals surface area contributed by atoms with E-state index < -0.39 is 21.7 Å². The zero-order valence-electron chi connectivity index (χ0n) is 16.7. The molecule has 1 heterocycles. The van der Waals surface area contributed by atoms with Crippen LogP contribution in [0.4, 0.5) is 15.8 Å². The third kappa shape index (κ3) is 4.16. The van der Waals surface area contributed by atoms with E-state index in [1.807, 2.05) is 12.1 Å². The van der Waals surface area contributed by atoms with Crippen molar-refractivity contribution in [2.45, 2.75) is 24.7 Å². The first kappa shape index (κ1) is 21.3. The maximum absolute atomic E-state index is 13.8.